The zero-order valence-corrected chi connectivity index (χ0v) is 38.5. The largest absolute Gasteiger partial charge is 0.495 e. The van der Waals surface area contributed by atoms with Crippen molar-refractivity contribution in [1.82, 2.24) is 24.5 Å². The Labute approximate surface area is 389 Å². The number of nitrogens with two attached hydrogens (primary N) is 1. The Bertz CT molecular complexity index is 2390. The number of hydrogen-bond acceptors (Lipinski definition) is 8. The molecule has 0 aliphatic carbocycles. The summed E-state index contributed by atoms with van der Waals surface area (Å²) in [5.74, 6) is 0.456. The van der Waals surface area contributed by atoms with Crippen LogP contribution in [0.1, 0.15) is 47.9 Å². The molecule has 4 aromatic rings. The monoisotopic (exact) mass is 929 g/mol. The highest BCUT2D eigenvalue weighted by molar-refractivity contribution is 6.32. The Morgan fingerprint density at radius 3 is 1.49 bits per heavy atom. The molecule has 0 radical (unpaired) electrons. The van der Waals surface area contributed by atoms with Crippen molar-refractivity contribution in [2.45, 2.75) is 62.9 Å². The highest BCUT2D eigenvalue weighted by Crippen LogP contribution is 2.35. The number of ether oxygens (including phenoxy) is 2. The van der Waals surface area contributed by atoms with Gasteiger partial charge in [0, 0.05) is 106 Å². The highest BCUT2D eigenvalue weighted by Gasteiger charge is 2.43. The zero-order valence-electron chi connectivity index (χ0n) is 37.0. The minimum Gasteiger partial charge on any atom is -0.495 e. The van der Waals surface area contributed by atoms with Gasteiger partial charge in [-0.3, -0.25) is 19.4 Å². The minimum absolute atomic E-state index is 0.00255. The quantitative estimate of drug-likeness (QED) is 0.114. The first-order valence-corrected chi connectivity index (χ1v) is 22.4. The molecule has 65 heavy (non-hydrogen) atoms. The lowest BCUT2D eigenvalue weighted by molar-refractivity contribution is -0.132. The van der Waals surface area contributed by atoms with Crippen LogP contribution in [0, 0.1) is 11.6 Å². The summed E-state index contributed by atoms with van der Waals surface area (Å²) in [6.45, 7) is 4.73. The van der Waals surface area contributed by atoms with Gasteiger partial charge in [-0.25, -0.2) is 13.6 Å². The number of benzene rings is 4. The molecule has 0 aromatic heterocycles. The van der Waals surface area contributed by atoms with Crippen LogP contribution in [0.5, 0.6) is 11.5 Å². The maximum atomic E-state index is 13.2. The fourth-order valence-electron chi connectivity index (χ4n) is 9.23. The minimum atomic E-state index is -0.303. The Balaban J connectivity index is 0.000000196. The molecule has 3 N–H and O–H groups in total. The number of hydrogen-bond donors (Lipinski definition) is 2. The van der Waals surface area contributed by atoms with Gasteiger partial charge in [-0.2, -0.15) is 0 Å². The first-order valence-electron chi connectivity index (χ1n) is 21.6. The standard InChI is InChI=1S/C26H30ClFN4O3.C23H25ClFN3O2/c1-30(2)26(34)29-23-13-22(27)24(35-3)12-18(23)6-11-25(33)32-20-9-10-21(32)16-31(15-20)14-17-4-7-19(28)8-5-17;1-30-22-10-16(21(26)11-20(22)24)4-9-23(29)28-18-7-8-19(28)14-27(13-18)12-15-2-5-17(25)6-3-15/h4-8,11-13,20-21H,9-10,14-16H2,1-3H3,(H,29,34);2-6,9-11,18-19H,7-8,12-14,26H2,1H3/b11-6+;9-4+. The second-order valence-electron chi connectivity index (χ2n) is 17.1. The number of rotatable bonds is 11. The van der Waals surface area contributed by atoms with Crippen LogP contribution in [0.25, 0.3) is 12.2 Å². The molecule has 4 amide bonds. The fourth-order valence-corrected chi connectivity index (χ4v) is 9.72. The van der Waals surface area contributed by atoms with Crippen molar-refractivity contribution in [3.05, 3.63) is 129 Å². The Morgan fingerprint density at radius 1 is 0.677 bits per heavy atom. The van der Waals surface area contributed by atoms with Gasteiger partial charge in [0.2, 0.25) is 11.8 Å². The molecule has 4 saturated heterocycles. The lowest BCUT2D eigenvalue weighted by atomic mass is 10.1. The smallest absolute Gasteiger partial charge is 0.321 e. The number of piperazine rings is 2. The number of nitrogen functional groups attached to an aromatic ring is 1. The summed E-state index contributed by atoms with van der Waals surface area (Å²) in [7, 11) is 6.34. The summed E-state index contributed by atoms with van der Waals surface area (Å²) < 4.78 is 36.9. The second-order valence-corrected chi connectivity index (χ2v) is 17.9. The molecule has 4 unspecified atom stereocenters. The maximum Gasteiger partial charge on any atom is 0.321 e. The number of urea groups is 1. The number of nitrogens with one attached hydrogen (secondary N) is 1. The first kappa shape index (κ1) is 47.3. The highest BCUT2D eigenvalue weighted by atomic mass is 35.5. The number of carbonyl (C=O) groups excluding carboxylic acids is 3. The molecule has 0 saturated carbocycles. The van der Waals surface area contributed by atoms with Gasteiger partial charge in [0.05, 0.1) is 30.0 Å². The summed E-state index contributed by atoms with van der Waals surface area (Å²) in [4.78, 5) is 48.5. The van der Waals surface area contributed by atoms with Crippen molar-refractivity contribution >= 4 is 64.6 Å². The van der Waals surface area contributed by atoms with Gasteiger partial charge in [0.1, 0.15) is 23.1 Å². The summed E-state index contributed by atoms with van der Waals surface area (Å²) in [5, 5.41) is 3.61. The fraction of sp³-hybridized carbons (Fsp3) is 0.367. The van der Waals surface area contributed by atoms with Crippen LogP contribution in [0.4, 0.5) is 25.0 Å². The number of carbonyl (C=O) groups is 3. The van der Waals surface area contributed by atoms with Crippen molar-refractivity contribution in [3.63, 3.8) is 0 Å². The van der Waals surface area contributed by atoms with Crippen molar-refractivity contribution in [3.8, 4) is 11.5 Å². The summed E-state index contributed by atoms with van der Waals surface area (Å²) in [6, 6.07) is 20.2. The first-order chi connectivity index (χ1) is 31.2. The van der Waals surface area contributed by atoms with Gasteiger partial charge in [-0.1, -0.05) is 47.5 Å². The van der Waals surface area contributed by atoms with Gasteiger partial charge in [-0.05, 0) is 97.5 Å². The molecule has 0 spiro atoms. The molecule has 8 rings (SSSR count). The van der Waals surface area contributed by atoms with Crippen molar-refractivity contribution in [1.29, 1.82) is 0 Å². The predicted molar refractivity (Wildman–Crippen MR) is 252 cm³/mol. The molecule has 4 fully saturated rings. The van der Waals surface area contributed by atoms with E-state index in [0.29, 0.717) is 44.0 Å². The van der Waals surface area contributed by atoms with Gasteiger partial charge < -0.3 is 35.2 Å². The van der Waals surface area contributed by atoms with E-state index in [0.717, 1.165) is 76.1 Å². The van der Waals surface area contributed by atoms with Gasteiger partial charge in [0.15, 0.2) is 0 Å². The molecule has 4 aliphatic rings. The topological polar surface area (TPSA) is 124 Å². The molecule has 4 atom stereocenters. The van der Waals surface area contributed by atoms with E-state index >= 15 is 0 Å². The number of methoxy groups -OCH3 is 2. The van der Waals surface area contributed by atoms with Gasteiger partial charge in [0.25, 0.3) is 0 Å². The second kappa shape index (κ2) is 21.1. The normalized spacial score (nSPS) is 20.5. The van der Waals surface area contributed by atoms with Crippen LogP contribution in [0.15, 0.2) is 84.9 Å². The Morgan fingerprint density at radius 2 is 1.08 bits per heavy atom. The van der Waals surface area contributed by atoms with Gasteiger partial charge in [-0.15, -0.1) is 0 Å². The van der Waals surface area contributed by atoms with Crippen LogP contribution in [0.3, 0.4) is 0 Å². The third-order valence-electron chi connectivity index (χ3n) is 12.4. The van der Waals surface area contributed by atoms with E-state index in [1.807, 2.05) is 34.1 Å². The van der Waals surface area contributed by atoms with Crippen LogP contribution >= 0.6 is 23.2 Å². The Hall–Kier alpha value is -5.67. The molecule has 344 valence electrons. The number of halogens is 4. The average molecular weight is 931 g/mol. The molecular weight excluding hydrogens is 875 g/mol. The van der Waals surface area contributed by atoms with E-state index in [1.165, 1.54) is 36.3 Å². The van der Waals surface area contributed by atoms with E-state index < -0.39 is 0 Å². The van der Waals surface area contributed by atoms with Crippen LogP contribution in [-0.4, -0.2) is 121 Å². The molecular formula is C49H55Cl2F2N7O5. The third-order valence-corrected chi connectivity index (χ3v) is 13.0. The lowest BCUT2D eigenvalue weighted by Gasteiger charge is -2.40. The number of anilines is 2. The number of nitrogens with zero attached hydrogens (tertiary/aromatic N) is 5. The van der Waals surface area contributed by atoms with Gasteiger partial charge >= 0.3 is 6.03 Å². The zero-order chi connectivity index (χ0) is 46.4. The van der Waals surface area contributed by atoms with E-state index in [4.69, 9.17) is 38.4 Å². The SMILES string of the molecule is COc1cc(/C=C/C(=O)N2C3CCC2CN(Cc2ccc(F)cc2)C3)c(N)cc1Cl.COc1cc(/C=C/C(=O)N2C3CCC2CN(Cc2ccc(F)cc2)C3)c(NC(=O)N(C)C)cc1Cl. The number of fused-ring (bicyclic) bond motifs is 4. The predicted octanol–water partition coefficient (Wildman–Crippen LogP) is 8.43. The summed E-state index contributed by atoms with van der Waals surface area (Å²) in [5.41, 5.74) is 10.5. The van der Waals surface area contributed by atoms with Crippen molar-refractivity contribution in [2.75, 3.05) is 65.5 Å². The van der Waals surface area contributed by atoms with Crippen LogP contribution in [0.2, 0.25) is 10.0 Å². The van der Waals surface area contributed by atoms with Crippen molar-refractivity contribution in [2.24, 2.45) is 0 Å². The van der Waals surface area contributed by atoms with Crippen LogP contribution < -0.4 is 20.5 Å². The van der Waals surface area contributed by atoms with Crippen LogP contribution in [-0.2, 0) is 22.7 Å². The molecule has 16 heteroatoms. The number of amides is 4. The number of likely N-dealkylation sites (tertiary alicyclic amines) is 2. The lowest BCUT2D eigenvalue weighted by Crippen LogP contribution is -2.55. The molecule has 4 bridgehead atoms. The van der Waals surface area contributed by atoms with E-state index in [2.05, 4.69) is 15.1 Å². The molecule has 4 aromatic carbocycles. The molecule has 12 nitrogen and oxygen atoms in total. The summed E-state index contributed by atoms with van der Waals surface area (Å²) >= 11 is 12.3. The Kier molecular flexibility index (Phi) is 15.4. The maximum absolute atomic E-state index is 13.2. The van der Waals surface area contributed by atoms with E-state index in [1.54, 1.807) is 69.8 Å². The molecule has 4 aliphatic heterocycles. The molecule has 4 heterocycles. The van der Waals surface area contributed by atoms with E-state index in [-0.39, 0.29) is 53.6 Å². The third kappa shape index (κ3) is 11.6. The van der Waals surface area contributed by atoms with Crippen molar-refractivity contribution < 1.29 is 32.6 Å². The van der Waals surface area contributed by atoms with E-state index in [9.17, 15) is 23.2 Å². The average Bonchev–Trinajstić information content (AvgIpc) is 3.72. The summed E-state index contributed by atoms with van der Waals surface area (Å²) in [6.07, 6.45) is 10.5.